The van der Waals surface area contributed by atoms with Crippen molar-refractivity contribution in [2.75, 3.05) is 5.73 Å². The number of aromatic nitrogens is 4. The maximum absolute atomic E-state index is 5.84. The first-order chi connectivity index (χ1) is 8.11. The Hall–Kier alpha value is -1.56. The molecule has 2 heterocycles. The van der Waals surface area contributed by atoms with Crippen LogP contribution in [0.15, 0.2) is 22.4 Å². The fraction of sp³-hybridized carbons (Fsp3) is 0.364. The highest BCUT2D eigenvalue weighted by molar-refractivity contribution is 7.99. The summed E-state index contributed by atoms with van der Waals surface area (Å²) in [6.45, 7) is 4.02. The van der Waals surface area contributed by atoms with E-state index < -0.39 is 0 Å². The van der Waals surface area contributed by atoms with E-state index in [0.29, 0.717) is 5.82 Å². The number of anilines is 1. The van der Waals surface area contributed by atoms with Crippen LogP contribution < -0.4 is 5.73 Å². The molecule has 0 spiro atoms. The Labute approximate surface area is 104 Å². The lowest BCUT2D eigenvalue weighted by molar-refractivity contribution is 0.691. The van der Waals surface area contributed by atoms with Gasteiger partial charge in [0.25, 0.3) is 0 Å². The minimum atomic E-state index is 0.559. The Bertz CT molecular complexity index is 535. The third-order valence-corrected chi connectivity index (χ3v) is 3.59. The van der Waals surface area contributed by atoms with E-state index in [1.807, 2.05) is 31.6 Å². The third kappa shape index (κ3) is 2.41. The summed E-state index contributed by atoms with van der Waals surface area (Å²) in [6, 6.07) is 2.03. The van der Waals surface area contributed by atoms with Gasteiger partial charge in [-0.05, 0) is 31.2 Å². The van der Waals surface area contributed by atoms with Crippen molar-refractivity contribution in [1.29, 1.82) is 0 Å². The van der Waals surface area contributed by atoms with Crippen LogP contribution in [0.1, 0.15) is 18.2 Å². The van der Waals surface area contributed by atoms with E-state index in [0.717, 1.165) is 27.7 Å². The Morgan fingerprint density at radius 1 is 1.41 bits per heavy atom. The minimum absolute atomic E-state index is 0.559. The van der Waals surface area contributed by atoms with Gasteiger partial charge in [-0.2, -0.15) is 5.10 Å². The zero-order valence-electron chi connectivity index (χ0n) is 10.1. The number of rotatable bonds is 3. The van der Waals surface area contributed by atoms with Crippen LogP contribution in [0.4, 0.5) is 5.82 Å². The van der Waals surface area contributed by atoms with E-state index in [1.54, 1.807) is 11.8 Å². The molecule has 0 atom stereocenters. The number of nitrogens with zero attached hydrogens (tertiary/aromatic N) is 4. The minimum Gasteiger partial charge on any atom is -0.383 e. The lowest BCUT2D eigenvalue weighted by atomic mass is 10.2. The number of hydrogen-bond donors (Lipinski definition) is 1. The normalized spacial score (nSPS) is 10.8. The van der Waals surface area contributed by atoms with Gasteiger partial charge in [0, 0.05) is 12.6 Å². The summed E-state index contributed by atoms with van der Waals surface area (Å²) in [5.74, 6) is 0.559. The van der Waals surface area contributed by atoms with Gasteiger partial charge in [0.1, 0.15) is 22.2 Å². The number of hydrogen-bond acceptors (Lipinski definition) is 5. The van der Waals surface area contributed by atoms with Gasteiger partial charge in [0.15, 0.2) is 0 Å². The van der Waals surface area contributed by atoms with Crippen LogP contribution >= 0.6 is 11.8 Å². The van der Waals surface area contributed by atoms with E-state index in [9.17, 15) is 0 Å². The molecule has 0 saturated carbocycles. The Morgan fingerprint density at radius 2 is 2.18 bits per heavy atom. The van der Waals surface area contributed by atoms with Crippen molar-refractivity contribution >= 4 is 17.6 Å². The molecule has 2 N–H and O–H groups in total. The first-order valence-electron chi connectivity index (χ1n) is 5.39. The van der Waals surface area contributed by atoms with Crippen molar-refractivity contribution in [3.8, 4) is 0 Å². The monoisotopic (exact) mass is 249 g/mol. The predicted octanol–water partition coefficient (Wildman–Crippen LogP) is 1.81. The first kappa shape index (κ1) is 11.9. The Balaban J connectivity index is 2.36. The molecule has 0 bridgehead atoms. The van der Waals surface area contributed by atoms with Crippen LogP contribution in [0.3, 0.4) is 0 Å². The summed E-state index contributed by atoms with van der Waals surface area (Å²) >= 11 is 1.57. The molecule has 90 valence electrons. The zero-order chi connectivity index (χ0) is 12.4. The topological polar surface area (TPSA) is 69.6 Å². The Kier molecular flexibility index (Phi) is 3.33. The molecule has 0 radical (unpaired) electrons. The summed E-state index contributed by atoms with van der Waals surface area (Å²) in [5, 5.41) is 6.26. The third-order valence-electron chi connectivity index (χ3n) is 2.45. The predicted molar refractivity (Wildman–Crippen MR) is 67.9 cm³/mol. The molecule has 0 unspecified atom stereocenters. The molecular formula is C11H15N5S. The molecule has 0 saturated heterocycles. The van der Waals surface area contributed by atoms with Gasteiger partial charge in [0.2, 0.25) is 0 Å². The standard InChI is InChI=1S/C11H15N5S/c1-4-8-10(12)13-6-14-11(8)17-9-5-7(2)15-16(9)3/h5-6H,4H2,1-3H3,(H2,12,13,14). The SMILES string of the molecule is CCc1c(N)ncnc1Sc1cc(C)nn1C. The average molecular weight is 249 g/mol. The molecule has 6 heteroatoms. The lowest BCUT2D eigenvalue weighted by Gasteiger charge is -2.07. The van der Waals surface area contributed by atoms with Gasteiger partial charge in [0.05, 0.1) is 5.69 Å². The van der Waals surface area contributed by atoms with E-state index in [-0.39, 0.29) is 0 Å². The van der Waals surface area contributed by atoms with Crippen molar-refractivity contribution in [2.45, 2.75) is 30.3 Å². The zero-order valence-corrected chi connectivity index (χ0v) is 11.0. The van der Waals surface area contributed by atoms with Crippen LogP contribution in [0.5, 0.6) is 0 Å². The summed E-state index contributed by atoms with van der Waals surface area (Å²) in [5.41, 5.74) is 7.83. The molecule has 0 aliphatic carbocycles. The number of nitrogens with two attached hydrogens (primary N) is 1. The molecule has 0 aliphatic heterocycles. The highest BCUT2D eigenvalue weighted by Gasteiger charge is 2.11. The van der Waals surface area contributed by atoms with Crippen molar-refractivity contribution in [2.24, 2.45) is 7.05 Å². The lowest BCUT2D eigenvalue weighted by Crippen LogP contribution is -2.01. The van der Waals surface area contributed by atoms with Crippen molar-refractivity contribution < 1.29 is 0 Å². The molecule has 0 aliphatic rings. The van der Waals surface area contributed by atoms with Crippen molar-refractivity contribution in [3.05, 3.63) is 23.7 Å². The van der Waals surface area contributed by atoms with Gasteiger partial charge in [-0.25, -0.2) is 9.97 Å². The highest BCUT2D eigenvalue weighted by Crippen LogP contribution is 2.30. The molecule has 2 aromatic rings. The molecule has 17 heavy (non-hydrogen) atoms. The molecule has 2 aromatic heterocycles. The van der Waals surface area contributed by atoms with Gasteiger partial charge >= 0.3 is 0 Å². The second kappa shape index (κ2) is 4.75. The molecule has 0 fully saturated rings. The maximum atomic E-state index is 5.84. The fourth-order valence-corrected chi connectivity index (χ4v) is 2.68. The van der Waals surface area contributed by atoms with Crippen molar-refractivity contribution in [1.82, 2.24) is 19.7 Å². The molecule has 5 nitrogen and oxygen atoms in total. The second-order valence-corrected chi connectivity index (χ2v) is 4.75. The highest BCUT2D eigenvalue weighted by atomic mass is 32.2. The second-order valence-electron chi connectivity index (χ2n) is 3.75. The maximum Gasteiger partial charge on any atom is 0.131 e. The molecule has 2 rings (SSSR count). The quantitative estimate of drug-likeness (QED) is 0.840. The summed E-state index contributed by atoms with van der Waals surface area (Å²) < 4.78 is 1.84. The molecular weight excluding hydrogens is 234 g/mol. The van der Waals surface area contributed by atoms with Crippen molar-refractivity contribution in [3.63, 3.8) is 0 Å². The van der Waals surface area contributed by atoms with Crippen LogP contribution in [0.2, 0.25) is 0 Å². The van der Waals surface area contributed by atoms with Gasteiger partial charge in [-0.1, -0.05) is 6.92 Å². The van der Waals surface area contributed by atoms with Crippen LogP contribution in [0, 0.1) is 6.92 Å². The van der Waals surface area contributed by atoms with Gasteiger partial charge in [-0.3, -0.25) is 4.68 Å². The first-order valence-corrected chi connectivity index (χ1v) is 6.21. The largest absolute Gasteiger partial charge is 0.383 e. The van der Waals surface area contributed by atoms with Gasteiger partial charge < -0.3 is 5.73 Å². The van der Waals surface area contributed by atoms with Crippen LogP contribution in [-0.4, -0.2) is 19.7 Å². The number of nitrogen functional groups attached to an aromatic ring is 1. The van der Waals surface area contributed by atoms with Gasteiger partial charge in [-0.15, -0.1) is 0 Å². The summed E-state index contributed by atoms with van der Waals surface area (Å²) in [6.07, 6.45) is 2.33. The van der Waals surface area contributed by atoms with E-state index in [2.05, 4.69) is 15.1 Å². The molecule has 0 amide bonds. The van der Waals surface area contributed by atoms with E-state index in [4.69, 9.17) is 5.73 Å². The summed E-state index contributed by atoms with van der Waals surface area (Å²) in [4.78, 5) is 8.30. The van der Waals surface area contributed by atoms with Crippen LogP contribution in [0.25, 0.3) is 0 Å². The number of aryl methyl sites for hydroxylation is 2. The fourth-order valence-electron chi connectivity index (χ4n) is 1.61. The smallest absolute Gasteiger partial charge is 0.131 e. The van der Waals surface area contributed by atoms with E-state index in [1.165, 1.54) is 6.33 Å². The Morgan fingerprint density at radius 3 is 2.76 bits per heavy atom. The van der Waals surface area contributed by atoms with Crippen LogP contribution in [-0.2, 0) is 13.5 Å². The van der Waals surface area contributed by atoms with E-state index >= 15 is 0 Å². The molecule has 0 aromatic carbocycles. The summed E-state index contributed by atoms with van der Waals surface area (Å²) in [7, 11) is 1.92. The average Bonchev–Trinajstić information content (AvgIpc) is 2.58.